The van der Waals surface area contributed by atoms with Crippen molar-refractivity contribution in [2.75, 3.05) is 5.32 Å². The first kappa shape index (κ1) is 14.2. The number of carbonyl (C=O) groups is 1. The Morgan fingerprint density at radius 1 is 1.10 bits per heavy atom. The van der Waals surface area contributed by atoms with Crippen LogP contribution in [0.2, 0.25) is 0 Å². The predicted octanol–water partition coefficient (Wildman–Crippen LogP) is 5.19. The summed E-state index contributed by atoms with van der Waals surface area (Å²) >= 11 is 4.31. The lowest BCUT2D eigenvalue weighted by atomic mass is 10.2. The van der Waals surface area contributed by atoms with E-state index in [4.69, 9.17) is 0 Å². The Hall–Kier alpha value is -1.79. The lowest BCUT2D eigenvalue weighted by molar-refractivity contribution is 0.103. The van der Waals surface area contributed by atoms with Crippen LogP contribution in [0, 0.1) is 11.6 Å². The van der Waals surface area contributed by atoms with E-state index in [9.17, 15) is 13.6 Å². The van der Waals surface area contributed by atoms with E-state index < -0.39 is 11.7 Å². The molecule has 0 unspecified atom stereocenters. The maximum Gasteiger partial charge on any atom is 0.265 e. The maximum atomic E-state index is 13.7. The molecule has 1 heterocycles. The summed E-state index contributed by atoms with van der Waals surface area (Å²) in [6.45, 7) is 0. The highest BCUT2D eigenvalue weighted by molar-refractivity contribution is 9.10. The molecule has 0 atom stereocenters. The second-order valence-electron chi connectivity index (χ2n) is 4.34. The number of benzene rings is 2. The average molecular weight is 368 g/mol. The van der Waals surface area contributed by atoms with E-state index in [1.807, 2.05) is 0 Å². The summed E-state index contributed by atoms with van der Waals surface area (Å²) in [4.78, 5) is 12.5. The Kier molecular flexibility index (Phi) is 3.73. The SMILES string of the molecule is O=C(Nc1ccc(Br)cc1F)c1cc2c(F)cccc2s1. The van der Waals surface area contributed by atoms with Gasteiger partial charge >= 0.3 is 0 Å². The second kappa shape index (κ2) is 5.54. The normalized spacial score (nSPS) is 10.8. The van der Waals surface area contributed by atoms with Gasteiger partial charge in [-0.15, -0.1) is 11.3 Å². The van der Waals surface area contributed by atoms with E-state index in [0.29, 0.717) is 19.4 Å². The molecule has 0 aliphatic rings. The maximum absolute atomic E-state index is 13.7. The number of anilines is 1. The molecule has 1 amide bonds. The highest BCUT2D eigenvalue weighted by Gasteiger charge is 2.14. The van der Waals surface area contributed by atoms with Gasteiger partial charge in [0, 0.05) is 14.6 Å². The largest absolute Gasteiger partial charge is 0.319 e. The minimum atomic E-state index is -0.537. The molecule has 0 bridgehead atoms. The van der Waals surface area contributed by atoms with Crippen molar-refractivity contribution < 1.29 is 13.6 Å². The van der Waals surface area contributed by atoms with Crippen molar-refractivity contribution in [2.45, 2.75) is 0 Å². The number of thiophene rings is 1. The Morgan fingerprint density at radius 3 is 2.62 bits per heavy atom. The fourth-order valence-electron chi connectivity index (χ4n) is 1.91. The molecular formula is C15H8BrF2NOS. The molecule has 0 aliphatic heterocycles. The molecule has 0 saturated heterocycles. The highest BCUT2D eigenvalue weighted by atomic mass is 79.9. The standard InChI is InChI=1S/C15H8BrF2NOS/c16-8-4-5-12(11(18)6-8)19-15(20)14-7-9-10(17)2-1-3-13(9)21-14/h1-7H,(H,19,20). The Labute approximate surface area is 131 Å². The summed E-state index contributed by atoms with van der Waals surface area (Å²) in [6, 6.07) is 10.5. The van der Waals surface area contributed by atoms with Crippen LogP contribution in [0.1, 0.15) is 9.67 Å². The molecule has 0 radical (unpaired) electrons. The van der Waals surface area contributed by atoms with E-state index in [0.717, 1.165) is 11.3 Å². The van der Waals surface area contributed by atoms with Crippen molar-refractivity contribution >= 4 is 48.9 Å². The summed E-state index contributed by atoms with van der Waals surface area (Å²) in [6.07, 6.45) is 0. The van der Waals surface area contributed by atoms with Crippen LogP contribution < -0.4 is 5.32 Å². The molecule has 106 valence electrons. The van der Waals surface area contributed by atoms with Crippen molar-refractivity contribution in [2.24, 2.45) is 0 Å². The van der Waals surface area contributed by atoms with Gasteiger partial charge in [-0.2, -0.15) is 0 Å². The van der Waals surface area contributed by atoms with Crippen molar-refractivity contribution in [3.63, 3.8) is 0 Å². The van der Waals surface area contributed by atoms with Crippen LogP contribution in [0.25, 0.3) is 10.1 Å². The Morgan fingerprint density at radius 2 is 1.90 bits per heavy atom. The molecule has 6 heteroatoms. The summed E-state index contributed by atoms with van der Waals surface area (Å²) < 4.78 is 28.6. The van der Waals surface area contributed by atoms with Gasteiger partial charge in [0.05, 0.1) is 10.6 Å². The van der Waals surface area contributed by atoms with Gasteiger partial charge in [0.25, 0.3) is 5.91 Å². The van der Waals surface area contributed by atoms with Gasteiger partial charge in [-0.1, -0.05) is 22.0 Å². The number of rotatable bonds is 2. The van der Waals surface area contributed by atoms with E-state index in [2.05, 4.69) is 21.2 Å². The molecule has 2 nitrogen and oxygen atoms in total. The van der Waals surface area contributed by atoms with Crippen LogP contribution >= 0.6 is 27.3 Å². The number of hydrogen-bond acceptors (Lipinski definition) is 2. The highest BCUT2D eigenvalue weighted by Crippen LogP contribution is 2.28. The molecule has 0 aliphatic carbocycles. The summed E-state index contributed by atoms with van der Waals surface area (Å²) in [7, 11) is 0. The van der Waals surface area contributed by atoms with Crippen molar-refractivity contribution in [1.29, 1.82) is 0 Å². The van der Waals surface area contributed by atoms with Gasteiger partial charge in [-0.05, 0) is 36.4 Å². The van der Waals surface area contributed by atoms with Crippen molar-refractivity contribution in [3.05, 3.63) is 63.4 Å². The zero-order valence-electron chi connectivity index (χ0n) is 10.5. The number of carbonyl (C=O) groups excluding carboxylic acids is 1. The van der Waals surface area contributed by atoms with Crippen LogP contribution in [0.5, 0.6) is 0 Å². The van der Waals surface area contributed by atoms with E-state index in [1.54, 1.807) is 18.2 Å². The molecular weight excluding hydrogens is 360 g/mol. The second-order valence-corrected chi connectivity index (χ2v) is 6.34. The fourth-order valence-corrected chi connectivity index (χ4v) is 3.22. The molecule has 3 aromatic rings. The van der Waals surface area contributed by atoms with Gasteiger partial charge in [0.15, 0.2) is 0 Å². The molecule has 0 spiro atoms. The lowest BCUT2D eigenvalue weighted by Crippen LogP contribution is -2.11. The van der Waals surface area contributed by atoms with Gasteiger partial charge in [-0.25, -0.2) is 8.78 Å². The van der Waals surface area contributed by atoms with Crippen LogP contribution in [-0.2, 0) is 0 Å². The third-order valence-corrected chi connectivity index (χ3v) is 4.50. The van der Waals surface area contributed by atoms with E-state index in [1.165, 1.54) is 24.3 Å². The zero-order chi connectivity index (χ0) is 15.0. The predicted molar refractivity (Wildman–Crippen MR) is 83.8 cm³/mol. The first-order valence-electron chi connectivity index (χ1n) is 5.99. The van der Waals surface area contributed by atoms with Gasteiger partial charge in [-0.3, -0.25) is 4.79 Å². The molecule has 1 aromatic heterocycles. The van der Waals surface area contributed by atoms with Crippen molar-refractivity contribution in [3.8, 4) is 0 Å². The molecule has 1 N–H and O–H groups in total. The van der Waals surface area contributed by atoms with Crippen molar-refractivity contribution in [1.82, 2.24) is 0 Å². The Balaban J connectivity index is 1.92. The van der Waals surface area contributed by atoms with E-state index >= 15 is 0 Å². The van der Waals surface area contributed by atoms with Gasteiger partial charge in [0.2, 0.25) is 0 Å². The molecule has 0 fully saturated rings. The molecule has 3 rings (SSSR count). The number of amides is 1. The smallest absolute Gasteiger partial charge is 0.265 e. The quantitative estimate of drug-likeness (QED) is 0.662. The summed E-state index contributed by atoms with van der Waals surface area (Å²) in [5.74, 6) is -1.38. The van der Waals surface area contributed by atoms with Crippen LogP contribution in [0.4, 0.5) is 14.5 Å². The van der Waals surface area contributed by atoms with Crippen LogP contribution in [0.3, 0.4) is 0 Å². The third-order valence-electron chi connectivity index (χ3n) is 2.91. The third kappa shape index (κ3) is 2.82. The van der Waals surface area contributed by atoms with Crippen LogP contribution in [0.15, 0.2) is 46.9 Å². The molecule has 2 aromatic carbocycles. The molecule has 21 heavy (non-hydrogen) atoms. The minimum absolute atomic E-state index is 0.0844. The molecule has 0 saturated carbocycles. The fraction of sp³-hybridized carbons (Fsp3) is 0. The average Bonchev–Trinajstić information content (AvgIpc) is 2.87. The zero-order valence-corrected chi connectivity index (χ0v) is 12.9. The van der Waals surface area contributed by atoms with Gasteiger partial charge in [0.1, 0.15) is 11.6 Å². The van der Waals surface area contributed by atoms with Crippen LogP contribution in [-0.4, -0.2) is 5.91 Å². The monoisotopic (exact) mass is 367 g/mol. The number of halogens is 3. The Bertz CT molecular complexity index is 847. The number of fused-ring (bicyclic) bond motifs is 1. The first-order chi connectivity index (χ1) is 10.0. The number of hydrogen-bond donors (Lipinski definition) is 1. The lowest BCUT2D eigenvalue weighted by Gasteiger charge is -2.05. The minimum Gasteiger partial charge on any atom is -0.319 e. The van der Waals surface area contributed by atoms with E-state index in [-0.39, 0.29) is 11.5 Å². The summed E-state index contributed by atoms with van der Waals surface area (Å²) in [5.41, 5.74) is 0.0844. The topological polar surface area (TPSA) is 29.1 Å². The van der Waals surface area contributed by atoms with Gasteiger partial charge < -0.3 is 5.32 Å². The first-order valence-corrected chi connectivity index (χ1v) is 7.60. The number of nitrogens with one attached hydrogen (secondary N) is 1. The summed E-state index contributed by atoms with van der Waals surface area (Å²) in [5, 5.41) is 2.88.